The quantitative estimate of drug-likeness (QED) is 0.317. The van der Waals surface area contributed by atoms with E-state index in [-0.39, 0.29) is 16.8 Å². The van der Waals surface area contributed by atoms with Gasteiger partial charge in [-0.25, -0.2) is 23.1 Å². The van der Waals surface area contributed by atoms with Gasteiger partial charge in [-0.2, -0.15) is 11.8 Å². The molecule has 0 unspecified atom stereocenters. The Balaban J connectivity index is 1.93. The second kappa shape index (κ2) is 10.3. The molecule has 0 aliphatic carbocycles. The molecular weight excluding hydrogens is 434 g/mol. The van der Waals surface area contributed by atoms with Gasteiger partial charge in [-0.1, -0.05) is 36.4 Å². The fraction of sp³-hybridized carbons (Fsp3) is 0.190. The lowest BCUT2D eigenvalue weighted by atomic mass is 10.2. The van der Waals surface area contributed by atoms with Crippen molar-refractivity contribution in [1.29, 1.82) is 0 Å². The van der Waals surface area contributed by atoms with Crippen LogP contribution in [0.4, 0.5) is 5.95 Å². The third-order valence-electron chi connectivity index (χ3n) is 3.99. The highest BCUT2D eigenvalue weighted by molar-refractivity contribution is 7.97. The van der Waals surface area contributed by atoms with E-state index in [9.17, 15) is 8.42 Å². The number of thioether (sulfide) groups is 1. The Kier molecular flexibility index (Phi) is 7.48. The number of benzene rings is 2. The Hall–Kier alpha value is -3.11. The third-order valence-corrected chi connectivity index (χ3v) is 6.03. The standard InChI is InChI=1S/C21H23N5O3S2/c1-15-13-16(2)23-20(22-15)24-21(25-29-18-10-5-4-6-11-18)26-31(27,28)19-12-8-7-9-17(19)14-30-3/h4-13H,14H2,1-3H3,(H2,22,23,24,25,26). The minimum absolute atomic E-state index is 0.159. The lowest BCUT2D eigenvalue weighted by Gasteiger charge is -2.14. The van der Waals surface area contributed by atoms with Crippen LogP contribution in [-0.4, -0.2) is 30.6 Å². The maximum atomic E-state index is 13.1. The van der Waals surface area contributed by atoms with Crippen molar-refractivity contribution in [1.82, 2.24) is 14.7 Å². The van der Waals surface area contributed by atoms with E-state index >= 15 is 0 Å². The van der Waals surface area contributed by atoms with E-state index in [1.807, 2.05) is 32.2 Å². The molecule has 0 saturated carbocycles. The largest absolute Gasteiger partial charge is 0.353 e. The van der Waals surface area contributed by atoms with Crippen LogP contribution in [0.1, 0.15) is 17.0 Å². The summed E-state index contributed by atoms with van der Waals surface area (Å²) in [6.45, 7) is 3.64. The van der Waals surface area contributed by atoms with Gasteiger partial charge in [0.15, 0.2) is 5.75 Å². The summed E-state index contributed by atoms with van der Waals surface area (Å²) in [5.74, 6) is 1.04. The molecule has 0 aliphatic rings. The monoisotopic (exact) mass is 457 g/mol. The van der Waals surface area contributed by atoms with Gasteiger partial charge >= 0.3 is 0 Å². The molecule has 10 heteroatoms. The van der Waals surface area contributed by atoms with Crippen LogP contribution in [0.2, 0.25) is 0 Å². The number of guanidine groups is 1. The summed E-state index contributed by atoms with van der Waals surface area (Å²) >= 11 is 1.53. The van der Waals surface area contributed by atoms with Crippen molar-refractivity contribution in [3.8, 4) is 5.75 Å². The molecule has 8 nitrogen and oxygen atoms in total. The van der Waals surface area contributed by atoms with Crippen LogP contribution in [0.25, 0.3) is 0 Å². The Morgan fingerprint density at radius 3 is 2.35 bits per heavy atom. The first kappa shape index (κ1) is 22.6. The summed E-state index contributed by atoms with van der Waals surface area (Å²) in [6.07, 6.45) is 1.91. The summed E-state index contributed by atoms with van der Waals surface area (Å²) in [5.41, 5.74) is 2.14. The molecule has 3 rings (SSSR count). The zero-order chi connectivity index (χ0) is 22.3. The van der Waals surface area contributed by atoms with Gasteiger partial charge in [0, 0.05) is 17.1 Å². The summed E-state index contributed by atoms with van der Waals surface area (Å²) in [5, 5.41) is 6.78. The maximum Gasteiger partial charge on any atom is 0.264 e. The summed E-state index contributed by atoms with van der Waals surface area (Å²) in [7, 11) is -3.95. The molecular formula is C21H23N5O3S2. The molecule has 162 valence electrons. The number of oxime groups is 1. The predicted octanol–water partition coefficient (Wildman–Crippen LogP) is 3.70. The van der Waals surface area contributed by atoms with Crippen molar-refractivity contribution in [2.45, 2.75) is 24.5 Å². The first-order valence-corrected chi connectivity index (χ1v) is 12.2. The zero-order valence-corrected chi connectivity index (χ0v) is 19.0. The molecule has 2 aromatic carbocycles. The van der Waals surface area contributed by atoms with Gasteiger partial charge in [0.05, 0.1) is 4.90 Å². The normalized spacial score (nSPS) is 11.8. The van der Waals surface area contributed by atoms with Crippen LogP contribution >= 0.6 is 11.8 Å². The first-order valence-electron chi connectivity index (χ1n) is 9.36. The van der Waals surface area contributed by atoms with Gasteiger partial charge in [0.2, 0.25) is 5.95 Å². The molecule has 0 radical (unpaired) electrons. The summed E-state index contributed by atoms with van der Waals surface area (Å²) < 4.78 is 28.7. The predicted molar refractivity (Wildman–Crippen MR) is 124 cm³/mol. The van der Waals surface area contributed by atoms with Crippen molar-refractivity contribution < 1.29 is 13.3 Å². The van der Waals surface area contributed by atoms with Gasteiger partial charge in [0.1, 0.15) is 0 Å². The zero-order valence-electron chi connectivity index (χ0n) is 17.4. The van der Waals surface area contributed by atoms with Crippen LogP contribution in [-0.2, 0) is 15.8 Å². The van der Waals surface area contributed by atoms with Crippen LogP contribution in [0.3, 0.4) is 0 Å². The highest BCUT2D eigenvalue weighted by atomic mass is 32.2. The number of hydrogen-bond acceptors (Lipinski definition) is 7. The average Bonchev–Trinajstić information content (AvgIpc) is 2.72. The van der Waals surface area contributed by atoms with E-state index in [0.717, 1.165) is 11.4 Å². The van der Waals surface area contributed by atoms with Crippen molar-refractivity contribution in [3.63, 3.8) is 0 Å². The van der Waals surface area contributed by atoms with Crippen LogP contribution in [0.15, 0.2) is 70.7 Å². The second-order valence-corrected chi connectivity index (χ2v) is 9.11. The van der Waals surface area contributed by atoms with Crippen molar-refractivity contribution in [3.05, 3.63) is 77.6 Å². The molecule has 0 amide bonds. The van der Waals surface area contributed by atoms with Crippen LogP contribution < -0.4 is 14.9 Å². The molecule has 2 N–H and O–H groups in total. The van der Waals surface area contributed by atoms with Crippen molar-refractivity contribution >= 4 is 33.7 Å². The van der Waals surface area contributed by atoms with E-state index in [4.69, 9.17) is 4.84 Å². The SMILES string of the molecule is CSCc1ccccc1S(=O)(=O)NC(=NOc1ccccc1)Nc1nc(C)cc(C)n1. The molecule has 0 bridgehead atoms. The van der Waals surface area contributed by atoms with E-state index < -0.39 is 10.0 Å². The number of hydrogen-bond donors (Lipinski definition) is 2. The lowest BCUT2D eigenvalue weighted by Crippen LogP contribution is -2.37. The van der Waals surface area contributed by atoms with Crippen molar-refractivity contribution in [2.24, 2.45) is 5.16 Å². The number of nitrogens with one attached hydrogen (secondary N) is 2. The van der Waals surface area contributed by atoms with E-state index in [1.165, 1.54) is 11.8 Å². The molecule has 31 heavy (non-hydrogen) atoms. The minimum Gasteiger partial charge on any atom is -0.353 e. The number of anilines is 1. The summed E-state index contributed by atoms with van der Waals surface area (Å²) in [4.78, 5) is 14.1. The molecule has 0 fully saturated rings. The molecule has 0 saturated heterocycles. The number of aromatic nitrogens is 2. The lowest BCUT2D eigenvalue weighted by molar-refractivity contribution is 0.340. The van der Waals surface area contributed by atoms with Crippen LogP contribution in [0, 0.1) is 13.8 Å². The smallest absolute Gasteiger partial charge is 0.264 e. The number of sulfonamides is 1. The fourth-order valence-corrected chi connectivity index (χ4v) is 4.61. The molecule has 0 spiro atoms. The number of nitrogens with zero attached hydrogens (tertiary/aromatic N) is 3. The summed E-state index contributed by atoms with van der Waals surface area (Å²) in [6, 6.07) is 17.4. The highest BCUT2D eigenvalue weighted by Crippen LogP contribution is 2.20. The van der Waals surface area contributed by atoms with Gasteiger partial charge in [-0.3, -0.25) is 5.32 Å². The number of para-hydroxylation sites is 1. The molecule has 3 aromatic rings. The number of rotatable bonds is 7. The molecule has 0 aliphatic heterocycles. The van der Waals surface area contributed by atoms with Gasteiger partial charge in [-0.15, -0.1) is 0 Å². The van der Waals surface area contributed by atoms with Gasteiger partial charge in [0.25, 0.3) is 16.0 Å². The minimum atomic E-state index is -3.95. The van der Waals surface area contributed by atoms with E-state index in [0.29, 0.717) is 17.1 Å². The first-order chi connectivity index (χ1) is 14.9. The molecule has 1 aromatic heterocycles. The van der Waals surface area contributed by atoms with E-state index in [1.54, 1.807) is 48.5 Å². The van der Waals surface area contributed by atoms with Gasteiger partial charge in [-0.05, 0) is 55.1 Å². The van der Waals surface area contributed by atoms with Crippen LogP contribution in [0.5, 0.6) is 5.75 Å². The third kappa shape index (κ3) is 6.43. The Labute approximate surface area is 186 Å². The Morgan fingerprint density at radius 2 is 1.68 bits per heavy atom. The topological polar surface area (TPSA) is 106 Å². The second-order valence-electron chi connectivity index (χ2n) is 6.59. The Morgan fingerprint density at radius 1 is 1.03 bits per heavy atom. The molecule has 1 heterocycles. The average molecular weight is 458 g/mol. The van der Waals surface area contributed by atoms with Crippen molar-refractivity contribution in [2.75, 3.05) is 11.6 Å². The molecule has 0 atom stereocenters. The van der Waals surface area contributed by atoms with Gasteiger partial charge < -0.3 is 4.84 Å². The fourth-order valence-electron chi connectivity index (χ4n) is 2.76. The number of aryl methyl sites for hydroxylation is 2. The highest BCUT2D eigenvalue weighted by Gasteiger charge is 2.21. The van der Waals surface area contributed by atoms with E-state index in [2.05, 4.69) is 25.2 Å². The maximum absolute atomic E-state index is 13.1. The Bertz CT molecular complexity index is 1150.